The van der Waals surface area contributed by atoms with Crippen LogP contribution in [0.25, 0.3) is 0 Å². The van der Waals surface area contributed by atoms with Gasteiger partial charge in [-0.2, -0.15) is 0 Å². The van der Waals surface area contributed by atoms with E-state index in [2.05, 4.69) is 0 Å². The summed E-state index contributed by atoms with van der Waals surface area (Å²) in [5, 5.41) is 0.672. The lowest BCUT2D eigenvalue weighted by Crippen LogP contribution is -2.14. The van der Waals surface area contributed by atoms with Crippen LogP contribution in [0.4, 0.5) is 0 Å². The van der Waals surface area contributed by atoms with Crippen molar-refractivity contribution in [3.05, 3.63) is 53.1 Å². The molecule has 3 rings (SSSR count). The number of hydrogen-bond acceptors (Lipinski definition) is 6. The third-order valence-corrected chi connectivity index (χ3v) is 4.71. The van der Waals surface area contributed by atoms with Crippen LogP contribution in [-0.2, 0) is 9.53 Å². The first kappa shape index (κ1) is 17.6. The number of carbonyl (C=O) groups excluding carboxylic acids is 2. The van der Waals surface area contributed by atoms with Gasteiger partial charge in [0.15, 0.2) is 23.9 Å². The first-order valence-electron chi connectivity index (χ1n) is 7.58. The van der Waals surface area contributed by atoms with Crippen molar-refractivity contribution in [3.8, 4) is 11.5 Å². The zero-order chi connectivity index (χ0) is 17.6. The summed E-state index contributed by atoms with van der Waals surface area (Å²) in [6.07, 6.45) is 0.224. The van der Waals surface area contributed by atoms with Crippen molar-refractivity contribution in [3.63, 3.8) is 0 Å². The number of esters is 1. The largest absolute Gasteiger partial charge is 0.457 e. The minimum absolute atomic E-state index is 0.146. The van der Waals surface area contributed by atoms with Crippen LogP contribution < -0.4 is 9.47 Å². The molecule has 2 aromatic rings. The number of ketones is 1. The van der Waals surface area contributed by atoms with Crippen molar-refractivity contribution in [2.75, 3.05) is 19.2 Å². The number of rotatable bonds is 7. The second-order valence-corrected chi connectivity index (χ2v) is 6.81. The van der Waals surface area contributed by atoms with E-state index in [-0.39, 0.29) is 25.6 Å². The van der Waals surface area contributed by atoms with Crippen LogP contribution in [0.15, 0.2) is 47.4 Å². The summed E-state index contributed by atoms with van der Waals surface area (Å²) in [6, 6.07) is 12.3. The molecule has 0 spiro atoms. The molecule has 0 radical (unpaired) electrons. The van der Waals surface area contributed by atoms with E-state index in [0.29, 0.717) is 27.8 Å². The van der Waals surface area contributed by atoms with Crippen LogP contribution in [0.1, 0.15) is 16.8 Å². The summed E-state index contributed by atoms with van der Waals surface area (Å²) in [7, 11) is 0. The summed E-state index contributed by atoms with van der Waals surface area (Å²) in [6.45, 7) is -0.142. The molecule has 0 aliphatic carbocycles. The third-order valence-electron chi connectivity index (χ3n) is 3.45. The Morgan fingerprint density at radius 3 is 2.64 bits per heavy atom. The third kappa shape index (κ3) is 4.90. The average molecular weight is 379 g/mol. The maximum absolute atomic E-state index is 12.1. The number of hydrogen-bond donors (Lipinski definition) is 0. The first-order chi connectivity index (χ1) is 12.1. The minimum Gasteiger partial charge on any atom is -0.457 e. The second kappa shape index (κ2) is 8.27. The fraction of sp³-hybridized carbons (Fsp3) is 0.222. The van der Waals surface area contributed by atoms with Crippen LogP contribution >= 0.6 is 23.4 Å². The molecule has 0 bridgehead atoms. The van der Waals surface area contributed by atoms with Crippen molar-refractivity contribution in [2.45, 2.75) is 11.3 Å². The summed E-state index contributed by atoms with van der Waals surface area (Å²) < 4.78 is 15.5. The van der Waals surface area contributed by atoms with Gasteiger partial charge in [0.1, 0.15) is 0 Å². The van der Waals surface area contributed by atoms with Crippen molar-refractivity contribution < 1.29 is 23.8 Å². The molecule has 130 valence electrons. The summed E-state index contributed by atoms with van der Waals surface area (Å²) in [4.78, 5) is 24.9. The van der Waals surface area contributed by atoms with Crippen LogP contribution in [0, 0.1) is 0 Å². The molecule has 0 N–H and O–H groups in total. The molecule has 7 heteroatoms. The molecule has 0 fully saturated rings. The fourth-order valence-corrected chi connectivity index (χ4v) is 3.11. The number of thioether (sulfide) groups is 1. The first-order valence-corrected chi connectivity index (χ1v) is 8.95. The van der Waals surface area contributed by atoms with Crippen molar-refractivity contribution >= 4 is 35.1 Å². The molecule has 1 aliphatic heterocycles. The quantitative estimate of drug-likeness (QED) is 0.412. The Morgan fingerprint density at radius 2 is 1.84 bits per heavy atom. The number of carbonyl (C=O) groups is 2. The smallest absolute Gasteiger partial charge is 0.307 e. The minimum atomic E-state index is -0.407. The molecule has 0 saturated heterocycles. The van der Waals surface area contributed by atoms with E-state index < -0.39 is 5.97 Å². The SMILES string of the molecule is O=C(CCSc1ccc(Cl)cc1)OCC(=O)c1ccc2c(c1)OCO2. The zero-order valence-electron chi connectivity index (χ0n) is 13.2. The standard InChI is InChI=1S/C18H15ClO5S/c19-13-2-4-14(5-3-13)25-8-7-18(21)22-10-15(20)12-1-6-16-17(9-12)24-11-23-16/h1-6,9H,7-8,10-11H2. The molecular formula is C18H15ClO5S. The van der Waals surface area contributed by atoms with Gasteiger partial charge in [0.25, 0.3) is 0 Å². The lowest BCUT2D eigenvalue weighted by molar-refractivity contribution is -0.141. The molecule has 0 unspecified atom stereocenters. The number of ether oxygens (including phenoxy) is 3. The van der Waals surface area contributed by atoms with Crippen LogP contribution in [-0.4, -0.2) is 30.9 Å². The van der Waals surface area contributed by atoms with E-state index in [1.807, 2.05) is 12.1 Å². The molecule has 0 aromatic heterocycles. The van der Waals surface area contributed by atoms with Gasteiger partial charge in [-0.05, 0) is 42.5 Å². The highest BCUT2D eigenvalue weighted by Crippen LogP contribution is 2.32. The Labute approximate surface area is 154 Å². The predicted octanol–water partition coefficient (Wildman–Crippen LogP) is 3.98. The van der Waals surface area contributed by atoms with Crippen LogP contribution in [0.5, 0.6) is 11.5 Å². The molecule has 2 aromatic carbocycles. The highest BCUT2D eigenvalue weighted by Gasteiger charge is 2.17. The number of fused-ring (bicyclic) bond motifs is 1. The van der Waals surface area contributed by atoms with E-state index in [1.54, 1.807) is 30.3 Å². The summed E-state index contributed by atoms with van der Waals surface area (Å²) in [5.74, 6) is 1.01. The highest BCUT2D eigenvalue weighted by atomic mass is 35.5. The summed E-state index contributed by atoms with van der Waals surface area (Å²) >= 11 is 7.35. The lowest BCUT2D eigenvalue weighted by atomic mass is 10.1. The van der Waals surface area contributed by atoms with Crippen LogP contribution in [0.3, 0.4) is 0 Å². The van der Waals surface area contributed by atoms with Gasteiger partial charge in [-0.25, -0.2) is 0 Å². The maximum atomic E-state index is 12.1. The molecule has 0 amide bonds. The van der Waals surface area contributed by atoms with Gasteiger partial charge in [-0.3, -0.25) is 9.59 Å². The van der Waals surface area contributed by atoms with E-state index in [9.17, 15) is 9.59 Å². The van der Waals surface area contributed by atoms with E-state index in [1.165, 1.54) is 11.8 Å². The lowest BCUT2D eigenvalue weighted by Gasteiger charge is -2.05. The van der Waals surface area contributed by atoms with Crippen molar-refractivity contribution in [1.29, 1.82) is 0 Å². The van der Waals surface area contributed by atoms with E-state index >= 15 is 0 Å². The molecule has 1 heterocycles. The molecule has 0 atom stereocenters. The topological polar surface area (TPSA) is 61.8 Å². The van der Waals surface area contributed by atoms with Crippen LogP contribution in [0.2, 0.25) is 5.02 Å². The Morgan fingerprint density at radius 1 is 1.08 bits per heavy atom. The Balaban J connectivity index is 1.41. The highest BCUT2D eigenvalue weighted by molar-refractivity contribution is 7.99. The fourth-order valence-electron chi connectivity index (χ4n) is 2.15. The molecule has 1 aliphatic rings. The van der Waals surface area contributed by atoms with E-state index in [0.717, 1.165) is 4.90 Å². The van der Waals surface area contributed by atoms with Gasteiger partial charge in [0.2, 0.25) is 6.79 Å². The summed E-state index contributed by atoms with van der Waals surface area (Å²) in [5.41, 5.74) is 0.424. The normalized spacial score (nSPS) is 12.0. The van der Waals surface area contributed by atoms with Crippen molar-refractivity contribution in [1.82, 2.24) is 0 Å². The second-order valence-electron chi connectivity index (χ2n) is 5.20. The molecule has 5 nitrogen and oxygen atoms in total. The van der Waals surface area contributed by atoms with Gasteiger partial charge >= 0.3 is 5.97 Å². The Kier molecular flexibility index (Phi) is 5.83. The number of Topliss-reactive ketones (excluding diaryl/α,β-unsaturated/α-hetero) is 1. The van der Waals surface area contributed by atoms with E-state index in [4.69, 9.17) is 25.8 Å². The van der Waals surface area contributed by atoms with Gasteiger partial charge in [-0.1, -0.05) is 11.6 Å². The Hall–Kier alpha value is -2.18. The predicted molar refractivity (Wildman–Crippen MR) is 94.6 cm³/mol. The van der Waals surface area contributed by atoms with Crippen molar-refractivity contribution in [2.24, 2.45) is 0 Å². The number of benzene rings is 2. The Bertz CT molecular complexity index is 776. The van der Waals surface area contributed by atoms with Gasteiger partial charge in [0.05, 0.1) is 6.42 Å². The monoisotopic (exact) mass is 378 g/mol. The molecule has 0 saturated carbocycles. The average Bonchev–Trinajstić information content (AvgIpc) is 3.09. The molecule has 25 heavy (non-hydrogen) atoms. The van der Waals surface area contributed by atoms with Gasteiger partial charge in [-0.15, -0.1) is 11.8 Å². The number of halogens is 1. The molecular weight excluding hydrogens is 364 g/mol. The zero-order valence-corrected chi connectivity index (χ0v) is 14.8. The van der Waals surface area contributed by atoms with Gasteiger partial charge in [0, 0.05) is 21.2 Å². The van der Waals surface area contributed by atoms with Gasteiger partial charge < -0.3 is 14.2 Å². The maximum Gasteiger partial charge on any atom is 0.307 e.